The van der Waals surface area contributed by atoms with Crippen LogP contribution in [-0.2, 0) is 16.1 Å². The summed E-state index contributed by atoms with van der Waals surface area (Å²) in [5.74, 6) is -0.553. The van der Waals surface area contributed by atoms with Crippen LogP contribution in [0.5, 0.6) is 5.75 Å². The van der Waals surface area contributed by atoms with E-state index in [1.165, 1.54) is 7.11 Å². The van der Waals surface area contributed by atoms with Crippen LogP contribution in [0.3, 0.4) is 0 Å². The molecular formula is C46H49N9O6. The topological polar surface area (TPSA) is 179 Å². The highest BCUT2D eigenvalue weighted by Crippen LogP contribution is 2.38. The van der Waals surface area contributed by atoms with Crippen LogP contribution in [0.2, 0.25) is 0 Å². The molecule has 3 aromatic carbocycles. The number of benzene rings is 3. The number of imidazole rings is 1. The standard InChI is InChI=1S/C46H49N9O6/c1-61-40-24-33(11-12-34(40)43(57)49-37-14-16-42(56)51-44(37)58)53-20-17-28(18-21-53)26-48-31-7-9-32(10-8-31)54-27-30-23-39(35(25-36(30)46(54)60)29-5-3-2-4-6-29)50-45(59)38-13-15-41-47-19-22-55(41)52-38/h2-6,11-13,15,19,22-25,28,31-32,37,48H,7-10,14,16-18,20-21,26-27H2,1H3,(H,49,57)(H,50,59)(H,51,56,58). The van der Waals surface area contributed by atoms with Crippen LogP contribution in [0.25, 0.3) is 16.8 Å². The number of carbonyl (C=O) groups is 5. The molecule has 15 nitrogen and oxygen atoms in total. The molecule has 0 radical (unpaired) electrons. The highest BCUT2D eigenvalue weighted by Gasteiger charge is 2.36. The summed E-state index contributed by atoms with van der Waals surface area (Å²) in [4.78, 5) is 72.8. The number of fused-ring (bicyclic) bond motifs is 2. The van der Waals surface area contributed by atoms with Gasteiger partial charge in [0.05, 0.1) is 12.7 Å². The third-order valence-electron chi connectivity index (χ3n) is 12.7. The highest BCUT2D eigenvalue weighted by atomic mass is 16.5. The van der Waals surface area contributed by atoms with Gasteiger partial charge in [-0.3, -0.25) is 29.3 Å². The molecule has 2 aromatic heterocycles. The van der Waals surface area contributed by atoms with Gasteiger partial charge in [0.15, 0.2) is 5.65 Å². The molecule has 4 N–H and O–H groups in total. The summed E-state index contributed by atoms with van der Waals surface area (Å²) in [6.07, 6.45) is 9.71. The number of amides is 5. The second kappa shape index (κ2) is 17.2. The summed E-state index contributed by atoms with van der Waals surface area (Å²) in [6.45, 7) is 3.23. The largest absolute Gasteiger partial charge is 0.496 e. The van der Waals surface area contributed by atoms with Gasteiger partial charge in [-0.2, -0.15) is 5.10 Å². The Kier molecular flexibility index (Phi) is 11.2. The smallest absolute Gasteiger partial charge is 0.276 e. The molecule has 1 atom stereocenters. The normalized spacial score (nSPS) is 20.7. The van der Waals surface area contributed by atoms with Crippen LogP contribution in [-0.4, -0.2) is 93.9 Å². The maximum atomic E-state index is 14.0. The minimum absolute atomic E-state index is 0.0446. The Bertz CT molecular complexity index is 2490. The van der Waals surface area contributed by atoms with E-state index in [0.717, 1.165) is 80.5 Å². The molecule has 3 fully saturated rings. The molecule has 4 aliphatic rings. The molecule has 5 aromatic rings. The van der Waals surface area contributed by atoms with E-state index in [1.807, 2.05) is 59.5 Å². The van der Waals surface area contributed by atoms with Crippen molar-refractivity contribution < 1.29 is 28.7 Å². The second-order valence-corrected chi connectivity index (χ2v) is 16.5. The fourth-order valence-electron chi connectivity index (χ4n) is 9.21. The molecule has 314 valence electrons. The van der Waals surface area contributed by atoms with Gasteiger partial charge in [0.2, 0.25) is 11.8 Å². The van der Waals surface area contributed by atoms with Crippen LogP contribution in [0.1, 0.15) is 88.1 Å². The maximum Gasteiger partial charge on any atom is 0.276 e. The van der Waals surface area contributed by atoms with E-state index in [0.29, 0.717) is 46.7 Å². The van der Waals surface area contributed by atoms with Crippen molar-refractivity contribution in [2.45, 2.75) is 76.0 Å². The van der Waals surface area contributed by atoms with Gasteiger partial charge >= 0.3 is 0 Å². The van der Waals surface area contributed by atoms with Crippen LogP contribution in [0.4, 0.5) is 11.4 Å². The van der Waals surface area contributed by atoms with Gasteiger partial charge in [-0.25, -0.2) is 9.50 Å². The molecule has 0 bridgehead atoms. The van der Waals surface area contributed by atoms with Crippen molar-refractivity contribution >= 4 is 46.6 Å². The summed E-state index contributed by atoms with van der Waals surface area (Å²) in [7, 11) is 1.53. The first-order valence-corrected chi connectivity index (χ1v) is 21.2. The summed E-state index contributed by atoms with van der Waals surface area (Å²) >= 11 is 0. The number of hydrogen-bond donors (Lipinski definition) is 4. The Morgan fingerprint density at radius 2 is 1.67 bits per heavy atom. The van der Waals surface area contributed by atoms with Gasteiger partial charge < -0.3 is 30.5 Å². The Hall–Kier alpha value is -6.61. The highest BCUT2D eigenvalue weighted by molar-refractivity contribution is 6.08. The van der Waals surface area contributed by atoms with Crippen molar-refractivity contribution in [3.05, 3.63) is 108 Å². The van der Waals surface area contributed by atoms with Crippen molar-refractivity contribution in [2.75, 3.05) is 37.0 Å². The molecule has 1 saturated carbocycles. The molecule has 9 rings (SSSR count). The van der Waals surface area contributed by atoms with Crippen molar-refractivity contribution in [1.82, 2.24) is 35.4 Å². The zero-order chi connectivity index (χ0) is 42.0. The zero-order valence-electron chi connectivity index (χ0n) is 34.1. The van der Waals surface area contributed by atoms with Crippen LogP contribution in [0.15, 0.2) is 85.2 Å². The first-order valence-electron chi connectivity index (χ1n) is 21.2. The van der Waals surface area contributed by atoms with E-state index in [-0.39, 0.29) is 42.3 Å². The van der Waals surface area contributed by atoms with Crippen molar-refractivity contribution in [1.29, 1.82) is 0 Å². The summed E-state index contributed by atoms with van der Waals surface area (Å²) in [6, 6.07) is 22.4. The molecule has 3 aliphatic heterocycles. The fraction of sp³-hybridized carbons (Fsp3) is 0.370. The minimum atomic E-state index is -0.758. The SMILES string of the molecule is COc1cc(N2CCC(CNC3CCC(N4Cc5cc(NC(=O)c6ccc7nccn7n6)c(-c6ccccc6)cc5C4=O)CC3)CC2)ccc1C(=O)NC1CCC(=O)NC1=O. The molecule has 5 amide bonds. The lowest BCUT2D eigenvalue weighted by Crippen LogP contribution is -2.52. The Morgan fingerprint density at radius 3 is 2.44 bits per heavy atom. The first kappa shape index (κ1) is 39.8. The number of imide groups is 1. The van der Waals surface area contributed by atoms with Crippen LogP contribution in [0, 0.1) is 5.92 Å². The van der Waals surface area contributed by atoms with Gasteiger partial charge in [0, 0.05) is 79.1 Å². The number of aromatic nitrogens is 3. The lowest BCUT2D eigenvalue weighted by molar-refractivity contribution is -0.134. The number of piperidine rings is 2. The molecule has 2 saturated heterocycles. The molecule has 15 heteroatoms. The predicted octanol–water partition coefficient (Wildman–Crippen LogP) is 4.97. The summed E-state index contributed by atoms with van der Waals surface area (Å²) in [5, 5.41) is 16.4. The van der Waals surface area contributed by atoms with Gasteiger partial charge in [0.1, 0.15) is 17.5 Å². The number of hydrogen-bond acceptors (Lipinski definition) is 10. The van der Waals surface area contributed by atoms with Gasteiger partial charge in [-0.1, -0.05) is 30.3 Å². The van der Waals surface area contributed by atoms with Gasteiger partial charge in [0.25, 0.3) is 17.7 Å². The zero-order valence-corrected chi connectivity index (χ0v) is 34.1. The average molecular weight is 824 g/mol. The van der Waals surface area contributed by atoms with Gasteiger partial charge in [-0.05, 0) is 105 Å². The number of anilines is 2. The Labute approximate surface area is 353 Å². The third kappa shape index (κ3) is 8.42. The maximum absolute atomic E-state index is 14.0. The molecule has 1 aliphatic carbocycles. The number of ether oxygens (including phenoxy) is 1. The molecule has 5 heterocycles. The first-order chi connectivity index (χ1) is 29.7. The number of nitrogens with one attached hydrogen (secondary N) is 4. The number of nitrogens with zero attached hydrogens (tertiary/aromatic N) is 5. The van der Waals surface area contributed by atoms with E-state index in [1.54, 1.807) is 35.1 Å². The van der Waals surface area contributed by atoms with E-state index < -0.39 is 17.9 Å². The van der Waals surface area contributed by atoms with Crippen molar-refractivity contribution in [2.24, 2.45) is 5.92 Å². The molecular weight excluding hydrogens is 775 g/mol. The Balaban J connectivity index is 0.768. The molecule has 1 unspecified atom stereocenters. The van der Waals surface area contributed by atoms with E-state index in [2.05, 4.69) is 36.2 Å². The third-order valence-corrected chi connectivity index (χ3v) is 12.7. The number of carbonyl (C=O) groups excluding carboxylic acids is 5. The molecule has 61 heavy (non-hydrogen) atoms. The van der Waals surface area contributed by atoms with Crippen LogP contribution < -0.4 is 30.9 Å². The quantitative estimate of drug-likeness (QED) is 0.133. The lowest BCUT2D eigenvalue weighted by atomic mass is 9.89. The van der Waals surface area contributed by atoms with E-state index in [4.69, 9.17) is 4.74 Å². The van der Waals surface area contributed by atoms with Crippen molar-refractivity contribution in [3.63, 3.8) is 0 Å². The van der Waals surface area contributed by atoms with E-state index in [9.17, 15) is 24.0 Å². The minimum Gasteiger partial charge on any atom is -0.496 e. The fourth-order valence-corrected chi connectivity index (χ4v) is 9.21. The second-order valence-electron chi connectivity index (χ2n) is 16.5. The van der Waals surface area contributed by atoms with Crippen molar-refractivity contribution in [3.8, 4) is 16.9 Å². The predicted molar refractivity (Wildman–Crippen MR) is 228 cm³/mol. The molecule has 0 spiro atoms. The number of rotatable bonds is 11. The summed E-state index contributed by atoms with van der Waals surface area (Å²) in [5.41, 5.74) is 6.18. The average Bonchev–Trinajstić information content (AvgIpc) is 3.90. The number of methoxy groups -OCH3 is 1. The Morgan fingerprint density at radius 1 is 0.869 bits per heavy atom. The van der Waals surface area contributed by atoms with E-state index >= 15 is 0 Å². The van der Waals surface area contributed by atoms with Crippen LogP contribution >= 0.6 is 0 Å². The summed E-state index contributed by atoms with van der Waals surface area (Å²) < 4.78 is 7.16. The lowest BCUT2D eigenvalue weighted by Gasteiger charge is -2.37. The monoisotopic (exact) mass is 823 g/mol. The van der Waals surface area contributed by atoms with Gasteiger partial charge in [-0.15, -0.1) is 0 Å².